The molecule has 1 unspecified atom stereocenters. The van der Waals surface area contributed by atoms with E-state index >= 15 is 0 Å². The predicted octanol–water partition coefficient (Wildman–Crippen LogP) is 4.82. The van der Waals surface area contributed by atoms with Crippen molar-refractivity contribution in [3.8, 4) is 11.1 Å². The summed E-state index contributed by atoms with van der Waals surface area (Å²) in [5.74, 6) is -0.294. The van der Waals surface area contributed by atoms with Crippen LogP contribution >= 0.6 is 11.6 Å². The van der Waals surface area contributed by atoms with Crippen LogP contribution in [0.25, 0.3) is 11.1 Å². The number of hydrogen-bond acceptors (Lipinski definition) is 4. The van der Waals surface area contributed by atoms with Crippen molar-refractivity contribution in [3.05, 3.63) is 77.6 Å². The molecular weight excluding hydrogens is 438 g/mol. The monoisotopic (exact) mass is 466 g/mol. The maximum Gasteiger partial charge on any atom is 0.253 e. The number of nitrogens with two attached hydrogens (primary N) is 1. The normalized spacial score (nSPS) is 12.6. The van der Waals surface area contributed by atoms with Gasteiger partial charge in [-0.05, 0) is 34.3 Å². The van der Waals surface area contributed by atoms with Gasteiger partial charge in [-0.25, -0.2) is 4.98 Å². The first-order valence-electron chi connectivity index (χ1n) is 10.5. The van der Waals surface area contributed by atoms with E-state index in [1.807, 2.05) is 25.1 Å². The number of halogens is 1. The van der Waals surface area contributed by atoms with Crippen LogP contribution in [0.4, 0.5) is 5.69 Å². The molecule has 0 saturated carbocycles. The van der Waals surface area contributed by atoms with Crippen molar-refractivity contribution < 1.29 is 9.22 Å². The molecular formula is C25H29ClN3O2Si. The fourth-order valence-corrected chi connectivity index (χ4v) is 6.13. The molecule has 7 heteroatoms. The van der Waals surface area contributed by atoms with Gasteiger partial charge in [0.05, 0.1) is 24.1 Å². The number of anilines is 1. The van der Waals surface area contributed by atoms with Crippen LogP contribution in [-0.4, -0.2) is 32.6 Å². The van der Waals surface area contributed by atoms with Gasteiger partial charge in [0.1, 0.15) is 5.15 Å². The molecule has 3 N–H and O–H groups in total. The molecule has 0 aliphatic carbocycles. The van der Waals surface area contributed by atoms with Crippen molar-refractivity contribution in [2.75, 3.05) is 12.3 Å². The number of amides is 1. The first-order valence-corrected chi connectivity index (χ1v) is 12.3. The van der Waals surface area contributed by atoms with Gasteiger partial charge < -0.3 is 15.5 Å². The highest BCUT2D eigenvalue weighted by Gasteiger charge is 2.33. The molecule has 3 rings (SSSR count). The summed E-state index contributed by atoms with van der Waals surface area (Å²) in [7, 11) is -1.43. The van der Waals surface area contributed by atoms with Crippen LogP contribution in [-0.2, 0) is 4.43 Å². The highest BCUT2D eigenvalue weighted by molar-refractivity contribution is 6.71. The smallest absolute Gasteiger partial charge is 0.253 e. The van der Waals surface area contributed by atoms with E-state index in [0.29, 0.717) is 12.2 Å². The van der Waals surface area contributed by atoms with Gasteiger partial charge in [-0.2, -0.15) is 0 Å². The molecule has 0 aliphatic heterocycles. The van der Waals surface area contributed by atoms with Gasteiger partial charge in [0.25, 0.3) is 14.9 Å². The minimum atomic E-state index is -1.43. The van der Waals surface area contributed by atoms with Crippen LogP contribution in [0.3, 0.4) is 0 Å². The van der Waals surface area contributed by atoms with E-state index in [-0.39, 0.29) is 27.8 Å². The highest BCUT2D eigenvalue weighted by atomic mass is 35.5. The van der Waals surface area contributed by atoms with Crippen molar-refractivity contribution in [1.29, 1.82) is 0 Å². The first kappa shape index (κ1) is 24.0. The molecule has 1 heterocycles. The Bertz CT molecular complexity index is 1070. The lowest BCUT2D eigenvalue weighted by molar-refractivity contribution is 0.0927. The van der Waals surface area contributed by atoms with Crippen LogP contribution in [0, 0.1) is 0 Å². The van der Waals surface area contributed by atoms with Gasteiger partial charge in [-0.15, -0.1) is 0 Å². The minimum absolute atomic E-state index is 0.0532. The second-order valence-electron chi connectivity index (χ2n) is 8.77. The predicted molar refractivity (Wildman–Crippen MR) is 134 cm³/mol. The third-order valence-electron chi connectivity index (χ3n) is 4.94. The van der Waals surface area contributed by atoms with Crippen molar-refractivity contribution in [2.24, 2.45) is 0 Å². The lowest BCUT2D eigenvalue weighted by Gasteiger charge is -2.31. The molecule has 2 aromatic carbocycles. The Labute approximate surface area is 196 Å². The summed E-state index contributed by atoms with van der Waals surface area (Å²) in [5.41, 5.74) is 8.84. The molecule has 0 fully saturated rings. The molecule has 32 heavy (non-hydrogen) atoms. The Morgan fingerprint density at radius 1 is 1.16 bits per heavy atom. The fraction of sp³-hybridized carbons (Fsp3) is 0.280. The maximum atomic E-state index is 12.7. The van der Waals surface area contributed by atoms with Crippen LogP contribution in [0.1, 0.15) is 38.1 Å². The highest BCUT2D eigenvalue weighted by Crippen LogP contribution is 2.30. The molecule has 0 aliphatic rings. The van der Waals surface area contributed by atoms with Gasteiger partial charge in [-0.1, -0.05) is 87.0 Å². The van der Waals surface area contributed by atoms with Gasteiger partial charge in [0.2, 0.25) is 0 Å². The Morgan fingerprint density at radius 3 is 2.50 bits per heavy atom. The maximum absolute atomic E-state index is 12.7. The van der Waals surface area contributed by atoms with Crippen molar-refractivity contribution >= 4 is 37.4 Å². The average Bonchev–Trinajstić information content (AvgIpc) is 2.75. The van der Waals surface area contributed by atoms with Crippen LogP contribution < -0.4 is 16.2 Å². The summed E-state index contributed by atoms with van der Waals surface area (Å²) in [6, 6.07) is 20.0. The molecule has 5 nitrogen and oxygen atoms in total. The number of rotatable bonds is 7. The number of benzene rings is 2. The van der Waals surface area contributed by atoms with Crippen LogP contribution in [0.2, 0.25) is 10.2 Å². The third-order valence-corrected chi connectivity index (χ3v) is 7.89. The number of aromatic nitrogens is 1. The molecule has 1 atom stereocenters. The number of nitrogen functional groups attached to an aromatic ring is 1. The van der Waals surface area contributed by atoms with E-state index in [0.717, 1.165) is 0 Å². The Kier molecular flexibility index (Phi) is 7.72. The van der Waals surface area contributed by atoms with E-state index in [4.69, 9.17) is 21.8 Å². The average molecular weight is 467 g/mol. The van der Waals surface area contributed by atoms with Crippen LogP contribution in [0.15, 0.2) is 66.9 Å². The van der Waals surface area contributed by atoms with Crippen LogP contribution in [0.5, 0.6) is 0 Å². The van der Waals surface area contributed by atoms with E-state index in [2.05, 4.69) is 67.5 Å². The molecule has 3 aromatic rings. The largest absolute Gasteiger partial charge is 0.409 e. The Balaban J connectivity index is 1.77. The summed E-state index contributed by atoms with van der Waals surface area (Å²) in [5, 5.41) is 4.35. The lowest BCUT2D eigenvalue weighted by atomic mass is 10.1. The number of pyridine rings is 1. The first-order chi connectivity index (χ1) is 15.2. The van der Waals surface area contributed by atoms with E-state index < -0.39 is 9.04 Å². The second kappa shape index (κ2) is 10.3. The molecule has 1 radical (unpaired) electrons. The molecule has 1 aromatic heterocycles. The molecule has 0 saturated heterocycles. The summed E-state index contributed by atoms with van der Waals surface area (Å²) >= 11 is 5.92. The van der Waals surface area contributed by atoms with Crippen molar-refractivity contribution in [3.63, 3.8) is 0 Å². The Hall–Kier alpha value is -2.67. The molecule has 0 bridgehead atoms. The van der Waals surface area contributed by atoms with Crippen molar-refractivity contribution in [1.82, 2.24) is 10.3 Å². The number of hydrogen-bond donors (Lipinski definition) is 2. The van der Waals surface area contributed by atoms with E-state index in [1.165, 1.54) is 28.6 Å². The van der Waals surface area contributed by atoms with Gasteiger partial charge in [0, 0.05) is 6.04 Å². The van der Waals surface area contributed by atoms with Gasteiger partial charge in [-0.3, -0.25) is 4.79 Å². The van der Waals surface area contributed by atoms with Gasteiger partial charge >= 0.3 is 0 Å². The molecule has 167 valence electrons. The van der Waals surface area contributed by atoms with E-state index in [9.17, 15) is 4.79 Å². The summed E-state index contributed by atoms with van der Waals surface area (Å²) in [6.07, 6.45) is 1.39. The molecule has 0 spiro atoms. The summed E-state index contributed by atoms with van der Waals surface area (Å²) in [4.78, 5) is 16.5. The van der Waals surface area contributed by atoms with Crippen molar-refractivity contribution in [2.45, 2.75) is 38.8 Å². The standard InChI is InChI=1S/C25H29ClN3O2Si/c1-17(29-24(30)20-14-23(26)28-15-21(20)27)16-31-32(25(2,3)4)22-13-9-8-12-19(22)18-10-6-5-7-11-18/h5-15,17H,16,27H2,1-4H3,(H,29,30). The fourth-order valence-electron chi connectivity index (χ4n) is 3.44. The second-order valence-corrected chi connectivity index (χ2v) is 12.1. The SMILES string of the molecule is CC(CO[Si](c1ccccc1-c1ccccc1)C(C)(C)C)NC(=O)c1cc(Cl)ncc1N. The molecule has 1 amide bonds. The topological polar surface area (TPSA) is 77.2 Å². The van der Waals surface area contributed by atoms with E-state index in [1.54, 1.807) is 0 Å². The number of carbonyl (C=O) groups excluding carboxylic acids is 1. The quantitative estimate of drug-likeness (QED) is 0.386. The van der Waals surface area contributed by atoms with Gasteiger partial charge in [0.15, 0.2) is 0 Å². The zero-order valence-corrected chi connectivity index (χ0v) is 20.6. The summed E-state index contributed by atoms with van der Waals surface area (Å²) < 4.78 is 6.52. The lowest BCUT2D eigenvalue weighted by Crippen LogP contribution is -2.46. The number of nitrogens with zero attached hydrogens (tertiary/aromatic N) is 1. The number of nitrogens with one attached hydrogen (secondary N) is 1. The zero-order chi connectivity index (χ0) is 23.3. The zero-order valence-electron chi connectivity index (χ0n) is 18.9. The third kappa shape index (κ3) is 5.97. The minimum Gasteiger partial charge on any atom is -0.409 e. The Morgan fingerprint density at radius 2 is 1.81 bits per heavy atom. The number of carbonyl (C=O) groups is 1. The summed E-state index contributed by atoms with van der Waals surface area (Å²) in [6.45, 7) is 8.91.